The largest absolute Gasteiger partial charge is 0.416 e. The molecule has 0 amide bonds. The smallest absolute Gasteiger partial charge is 0.273 e. The number of alkyl halides is 3. The van der Waals surface area contributed by atoms with Gasteiger partial charge in [0.2, 0.25) is 0 Å². The number of hydrogen-bond acceptors (Lipinski definition) is 6. The zero-order valence-corrected chi connectivity index (χ0v) is 18.6. The molecule has 0 unspecified atom stereocenters. The number of benzene rings is 1. The molecular weight excluding hydrogens is 487 g/mol. The Morgan fingerprint density at radius 2 is 1.78 bits per heavy atom. The Bertz CT molecular complexity index is 1910. The monoisotopic (exact) mass is 501 g/mol. The number of fused-ring (bicyclic) bond motifs is 3. The van der Waals surface area contributed by atoms with Gasteiger partial charge >= 0.3 is 11.9 Å². The van der Waals surface area contributed by atoms with Gasteiger partial charge in [-0.3, -0.25) is 19.3 Å². The van der Waals surface area contributed by atoms with Gasteiger partial charge in [0.15, 0.2) is 5.82 Å². The first-order valence-corrected chi connectivity index (χ1v) is 10.9. The molecule has 0 radical (unpaired) electrons. The van der Waals surface area contributed by atoms with E-state index in [1.165, 1.54) is 18.3 Å². The molecule has 0 saturated heterocycles. The number of aromatic nitrogens is 7. The number of pyridine rings is 3. The normalized spacial score (nSPS) is 11.9. The Labute approximate surface area is 204 Å². The van der Waals surface area contributed by atoms with E-state index in [1.54, 1.807) is 53.6 Å². The van der Waals surface area contributed by atoms with Crippen LogP contribution in [0.5, 0.6) is 0 Å². The van der Waals surface area contributed by atoms with Crippen LogP contribution in [0, 0.1) is 0 Å². The maximum absolute atomic E-state index is 13.4. The van der Waals surface area contributed by atoms with Crippen LogP contribution in [0.3, 0.4) is 0 Å². The molecule has 6 rings (SSSR count). The van der Waals surface area contributed by atoms with Crippen LogP contribution in [0.15, 0.2) is 89.0 Å². The van der Waals surface area contributed by atoms with Crippen molar-refractivity contribution < 1.29 is 13.2 Å². The molecule has 0 aliphatic heterocycles. The van der Waals surface area contributed by atoms with Crippen molar-refractivity contribution >= 4 is 21.9 Å². The average Bonchev–Trinajstić information content (AvgIpc) is 3.43. The standard InChI is InChI=1S/C25H14F3N7O2/c26-25(27,28)15-3-1-4-16(11-15)35-22-17(23(36)33-24(35)37)13-29-19-7-6-18(32-21(19)22)14-5-8-20(30-12-14)34-10-2-9-31-34/h1-13H,(H,33,36,37). The summed E-state index contributed by atoms with van der Waals surface area (Å²) in [5.74, 6) is 0.589. The molecule has 12 heteroatoms. The number of nitrogens with one attached hydrogen (secondary N) is 1. The molecular formula is C25H14F3N7O2. The van der Waals surface area contributed by atoms with Crippen LogP contribution in [0.4, 0.5) is 13.2 Å². The lowest BCUT2D eigenvalue weighted by Crippen LogP contribution is -2.29. The van der Waals surface area contributed by atoms with E-state index in [1.807, 2.05) is 0 Å². The van der Waals surface area contributed by atoms with Crippen molar-refractivity contribution in [3.05, 3.63) is 106 Å². The van der Waals surface area contributed by atoms with E-state index in [-0.39, 0.29) is 22.1 Å². The summed E-state index contributed by atoms with van der Waals surface area (Å²) in [6.45, 7) is 0. The van der Waals surface area contributed by atoms with Crippen molar-refractivity contribution in [1.82, 2.24) is 34.3 Å². The van der Waals surface area contributed by atoms with Gasteiger partial charge in [-0.1, -0.05) is 6.07 Å². The van der Waals surface area contributed by atoms with Crippen molar-refractivity contribution in [1.29, 1.82) is 0 Å². The fourth-order valence-corrected chi connectivity index (χ4v) is 4.07. The second-order valence-corrected chi connectivity index (χ2v) is 8.08. The molecule has 9 nitrogen and oxygen atoms in total. The van der Waals surface area contributed by atoms with Gasteiger partial charge < -0.3 is 0 Å². The zero-order chi connectivity index (χ0) is 25.7. The number of rotatable bonds is 3. The molecule has 37 heavy (non-hydrogen) atoms. The fraction of sp³-hybridized carbons (Fsp3) is 0.0400. The van der Waals surface area contributed by atoms with Crippen LogP contribution >= 0.6 is 0 Å². The van der Waals surface area contributed by atoms with Gasteiger partial charge in [0.05, 0.1) is 33.4 Å². The van der Waals surface area contributed by atoms with Crippen LogP contribution in [0.25, 0.3) is 44.7 Å². The summed E-state index contributed by atoms with van der Waals surface area (Å²) in [4.78, 5) is 41.0. The molecule has 5 heterocycles. The van der Waals surface area contributed by atoms with Crippen LogP contribution in [-0.2, 0) is 6.18 Å². The first kappa shape index (κ1) is 22.3. The summed E-state index contributed by atoms with van der Waals surface area (Å²) in [7, 11) is 0. The number of aromatic amines is 1. The number of H-pyrrole nitrogens is 1. The first-order valence-electron chi connectivity index (χ1n) is 10.9. The van der Waals surface area contributed by atoms with Crippen molar-refractivity contribution in [2.45, 2.75) is 6.18 Å². The van der Waals surface area contributed by atoms with Crippen molar-refractivity contribution in [3.8, 4) is 22.8 Å². The summed E-state index contributed by atoms with van der Waals surface area (Å²) in [5.41, 5.74) is -0.984. The molecule has 0 bridgehead atoms. The molecule has 0 fully saturated rings. The highest BCUT2D eigenvalue weighted by atomic mass is 19.4. The van der Waals surface area contributed by atoms with E-state index in [4.69, 9.17) is 0 Å². The number of hydrogen-bond donors (Lipinski definition) is 1. The zero-order valence-electron chi connectivity index (χ0n) is 18.6. The third kappa shape index (κ3) is 3.84. The van der Waals surface area contributed by atoms with E-state index in [0.29, 0.717) is 22.6 Å². The van der Waals surface area contributed by atoms with E-state index >= 15 is 0 Å². The van der Waals surface area contributed by atoms with Gasteiger partial charge in [0.25, 0.3) is 5.56 Å². The van der Waals surface area contributed by atoms with E-state index in [2.05, 4.69) is 25.0 Å². The molecule has 5 aromatic heterocycles. The molecule has 182 valence electrons. The highest BCUT2D eigenvalue weighted by Gasteiger charge is 2.31. The maximum atomic E-state index is 13.4. The van der Waals surface area contributed by atoms with Crippen molar-refractivity contribution in [2.75, 3.05) is 0 Å². The highest BCUT2D eigenvalue weighted by Crippen LogP contribution is 2.31. The summed E-state index contributed by atoms with van der Waals surface area (Å²) >= 11 is 0. The molecule has 0 saturated carbocycles. The lowest BCUT2D eigenvalue weighted by Gasteiger charge is -2.14. The molecule has 1 N–H and O–H groups in total. The minimum Gasteiger partial charge on any atom is -0.273 e. The lowest BCUT2D eigenvalue weighted by molar-refractivity contribution is -0.137. The molecule has 0 spiro atoms. The Morgan fingerprint density at radius 3 is 2.51 bits per heavy atom. The van der Waals surface area contributed by atoms with Gasteiger partial charge in [-0.05, 0) is 48.5 Å². The molecule has 0 atom stereocenters. The topological polar surface area (TPSA) is 111 Å². The summed E-state index contributed by atoms with van der Waals surface area (Å²) in [5, 5.41) is 4.14. The molecule has 6 aromatic rings. The Balaban J connectivity index is 1.60. The van der Waals surface area contributed by atoms with Crippen LogP contribution in [0.2, 0.25) is 0 Å². The van der Waals surface area contributed by atoms with Gasteiger partial charge in [-0.25, -0.2) is 19.4 Å². The second-order valence-electron chi connectivity index (χ2n) is 8.08. The first-order chi connectivity index (χ1) is 17.8. The molecule has 0 aliphatic carbocycles. The van der Waals surface area contributed by atoms with E-state index in [0.717, 1.165) is 16.7 Å². The van der Waals surface area contributed by atoms with E-state index in [9.17, 15) is 22.8 Å². The van der Waals surface area contributed by atoms with Gasteiger partial charge in [0, 0.05) is 30.4 Å². The summed E-state index contributed by atoms with van der Waals surface area (Å²) < 4.78 is 42.8. The molecule has 1 aromatic carbocycles. The number of nitrogens with zero attached hydrogens (tertiary/aromatic N) is 6. The minimum atomic E-state index is -4.62. The fourth-order valence-electron chi connectivity index (χ4n) is 4.07. The predicted octanol–water partition coefficient (Wildman–Crippen LogP) is 3.89. The highest BCUT2D eigenvalue weighted by molar-refractivity contribution is 6.01. The lowest BCUT2D eigenvalue weighted by atomic mass is 10.1. The maximum Gasteiger partial charge on any atom is 0.416 e. The van der Waals surface area contributed by atoms with Gasteiger partial charge in [0.1, 0.15) is 5.52 Å². The van der Waals surface area contributed by atoms with Crippen molar-refractivity contribution in [2.24, 2.45) is 0 Å². The number of halogens is 3. The minimum absolute atomic E-state index is 0.00122. The second kappa shape index (κ2) is 8.22. The average molecular weight is 501 g/mol. The summed E-state index contributed by atoms with van der Waals surface area (Å²) in [6.07, 6.45) is 1.61. The van der Waals surface area contributed by atoms with Crippen LogP contribution in [0.1, 0.15) is 5.56 Å². The van der Waals surface area contributed by atoms with Crippen LogP contribution < -0.4 is 11.2 Å². The Hall–Kier alpha value is -5.13. The predicted molar refractivity (Wildman–Crippen MR) is 129 cm³/mol. The Kier molecular flexibility index (Phi) is 4.97. The quantitative estimate of drug-likeness (QED) is 0.369. The van der Waals surface area contributed by atoms with E-state index < -0.39 is 23.0 Å². The SMILES string of the molecule is O=c1[nH]c(=O)n(-c2cccc(C(F)(F)F)c2)c2c1cnc1ccc(-c3ccc(-n4cccn4)nc3)nc12. The van der Waals surface area contributed by atoms with Gasteiger partial charge in [-0.2, -0.15) is 18.3 Å². The van der Waals surface area contributed by atoms with Crippen molar-refractivity contribution in [3.63, 3.8) is 0 Å². The van der Waals surface area contributed by atoms with Gasteiger partial charge in [-0.15, -0.1) is 0 Å². The third-order valence-electron chi connectivity index (χ3n) is 5.79. The summed E-state index contributed by atoms with van der Waals surface area (Å²) in [6, 6.07) is 12.9. The van der Waals surface area contributed by atoms with Crippen LogP contribution in [-0.4, -0.2) is 34.3 Å². The Morgan fingerprint density at radius 1 is 0.919 bits per heavy atom. The molecule has 0 aliphatic rings. The third-order valence-corrected chi connectivity index (χ3v) is 5.79.